The summed E-state index contributed by atoms with van der Waals surface area (Å²) in [6.07, 6.45) is 4.26. The van der Waals surface area contributed by atoms with Crippen LogP contribution in [0.25, 0.3) is 12.2 Å². The fraction of sp³-hybridized carbons (Fsp3) is 0.269. The molecule has 0 unspecified atom stereocenters. The fourth-order valence-corrected chi connectivity index (χ4v) is 2.85. The van der Waals surface area contributed by atoms with Crippen LogP contribution in [0.1, 0.15) is 31.9 Å². The third-order valence-corrected chi connectivity index (χ3v) is 4.30. The highest BCUT2D eigenvalue weighted by atomic mass is 16.6. The summed E-state index contributed by atoms with van der Waals surface area (Å²) >= 11 is 0. The predicted molar refractivity (Wildman–Crippen MR) is 127 cm³/mol. The zero-order valence-electron chi connectivity index (χ0n) is 19.6. The van der Waals surface area contributed by atoms with E-state index in [1.54, 1.807) is 57.4 Å². The summed E-state index contributed by atoms with van der Waals surface area (Å²) in [5, 5.41) is 9.22. The number of carbonyl (C=O) groups excluding carboxylic acids is 2. The molecule has 0 saturated heterocycles. The molecule has 0 bridgehead atoms. The van der Waals surface area contributed by atoms with Crippen LogP contribution >= 0.6 is 0 Å². The van der Waals surface area contributed by atoms with Crippen molar-refractivity contribution in [3.05, 3.63) is 59.2 Å². The molecule has 0 aliphatic rings. The normalized spacial score (nSPS) is 11.0. The topological polar surface area (TPSA) is 104 Å². The van der Waals surface area contributed by atoms with Crippen LogP contribution in [0.4, 0.5) is 0 Å². The first-order valence-electron chi connectivity index (χ1n) is 10.7. The Kier molecular flexibility index (Phi) is 10.2. The van der Waals surface area contributed by atoms with Crippen molar-refractivity contribution in [2.75, 3.05) is 26.9 Å². The van der Waals surface area contributed by atoms with Gasteiger partial charge >= 0.3 is 11.9 Å². The minimum atomic E-state index is -0.713. The van der Waals surface area contributed by atoms with Gasteiger partial charge in [-0.2, -0.15) is 5.26 Å². The minimum absolute atomic E-state index is 0.150. The molecule has 0 aliphatic heterocycles. The molecule has 8 heteroatoms. The van der Waals surface area contributed by atoms with Crippen molar-refractivity contribution in [1.82, 2.24) is 0 Å². The van der Waals surface area contributed by atoms with Gasteiger partial charge in [0.25, 0.3) is 0 Å². The number of esters is 2. The third kappa shape index (κ3) is 7.41. The van der Waals surface area contributed by atoms with Crippen molar-refractivity contribution in [2.45, 2.75) is 20.8 Å². The van der Waals surface area contributed by atoms with Crippen molar-refractivity contribution in [3.8, 4) is 29.1 Å². The number of ether oxygens (including phenoxy) is 5. The van der Waals surface area contributed by atoms with Crippen LogP contribution in [0.3, 0.4) is 0 Å². The lowest BCUT2D eigenvalue weighted by Gasteiger charge is -2.11. The molecule has 2 rings (SSSR count). The second kappa shape index (κ2) is 13.3. The SMILES string of the molecule is CCOC(=O)C(C#N)=Cc1ccc(OC(=O)C=Cc2ccc(OCC)c(OC)c2)c(OCC)c1. The summed E-state index contributed by atoms with van der Waals surface area (Å²) in [5.41, 5.74) is 1.10. The lowest BCUT2D eigenvalue weighted by molar-refractivity contribution is -0.138. The number of carbonyl (C=O) groups is 2. The molecule has 0 N–H and O–H groups in total. The van der Waals surface area contributed by atoms with Crippen LogP contribution in [0.2, 0.25) is 0 Å². The minimum Gasteiger partial charge on any atom is -0.493 e. The third-order valence-electron chi connectivity index (χ3n) is 4.30. The zero-order valence-corrected chi connectivity index (χ0v) is 19.6. The van der Waals surface area contributed by atoms with E-state index in [0.29, 0.717) is 36.0 Å². The number of hydrogen-bond acceptors (Lipinski definition) is 8. The van der Waals surface area contributed by atoms with Crippen LogP contribution in [0.5, 0.6) is 23.0 Å². The smallest absolute Gasteiger partial charge is 0.348 e. The molecule has 178 valence electrons. The van der Waals surface area contributed by atoms with E-state index < -0.39 is 11.9 Å². The number of methoxy groups -OCH3 is 1. The summed E-state index contributed by atoms with van der Waals surface area (Å²) in [7, 11) is 1.54. The Hall–Kier alpha value is -4.25. The van der Waals surface area contributed by atoms with Gasteiger partial charge < -0.3 is 23.7 Å². The Bertz CT molecular complexity index is 1110. The van der Waals surface area contributed by atoms with E-state index in [2.05, 4.69) is 0 Å². The van der Waals surface area contributed by atoms with Crippen LogP contribution in [-0.4, -0.2) is 38.9 Å². The van der Waals surface area contributed by atoms with Gasteiger partial charge in [-0.25, -0.2) is 9.59 Å². The molecule has 0 aromatic heterocycles. The first-order valence-corrected chi connectivity index (χ1v) is 10.7. The zero-order chi connectivity index (χ0) is 24.9. The largest absolute Gasteiger partial charge is 0.493 e. The number of rotatable bonds is 11. The summed E-state index contributed by atoms with van der Waals surface area (Å²) < 4.78 is 26.7. The Morgan fingerprint density at radius 3 is 2.18 bits per heavy atom. The first-order chi connectivity index (χ1) is 16.4. The van der Waals surface area contributed by atoms with E-state index in [-0.39, 0.29) is 17.9 Å². The van der Waals surface area contributed by atoms with Crippen molar-refractivity contribution in [1.29, 1.82) is 5.26 Å². The summed E-state index contributed by atoms with van der Waals surface area (Å²) in [5.74, 6) is 0.340. The summed E-state index contributed by atoms with van der Waals surface area (Å²) in [6, 6.07) is 11.8. The van der Waals surface area contributed by atoms with E-state index >= 15 is 0 Å². The Morgan fingerprint density at radius 1 is 0.882 bits per heavy atom. The van der Waals surface area contributed by atoms with Gasteiger partial charge in [-0.15, -0.1) is 0 Å². The van der Waals surface area contributed by atoms with Crippen LogP contribution in [0.15, 0.2) is 48.0 Å². The number of nitrogens with zero attached hydrogens (tertiary/aromatic N) is 1. The first kappa shape index (κ1) is 26.0. The van der Waals surface area contributed by atoms with Crippen molar-refractivity contribution >= 4 is 24.1 Å². The molecule has 0 radical (unpaired) electrons. The molecule has 8 nitrogen and oxygen atoms in total. The Labute approximate surface area is 199 Å². The van der Waals surface area contributed by atoms with E-state index in [0.717, 1.165) is 5.56 Å². The fourth-order valence-electron chi connectivity index (χ4n) is 2.85. The number of hydrogen-bond donors (Lipinski definition) is 0. The lowest BCUT2D eigenvalue weighted by atomic mass is 10.1. The second-order valence-corrected chi connectivity index (χ2v) is 6.63. The maximum Gasteiger partial charge on any atom is 0.348 e. The van der Waals surface area contributed by atoms with Crippen LogP contribution < -0.4 is 18.9 Å². The molecule has 0 heterocycles. The highest BCUT2D eigenvalue weighted by Crippen LogP contribution is 2.30. The molecule has 0 fully saturated rings. The van der Waals surface area contributed by atoms with E-state index in [1.165, 1.54) is 18.2 Å². The van der Waals surface area contributed by atoms with Gasteiger partial charge in [0.15, 0.2) is 23.0 Å². The molecule has 2 aromatic rings. The van der Waals surface area contributed by atoms with Gasteiger partial charge in [-0.1, -0.05) is 12.1 Å². The number of benzene rings is 2. The van der Waals surface area contributed by atoms with Gasteiger partial charge in [-0.05, 0) is 68.3 Å². The molecule has 0 amide bonds. The van der Waals surface area contributed by atoms with E-state index in [1.807, 2.05) is 13.0 Å². The quantitative estimate of drug-likeness (QED) is 0.206. The van der Waals surface area contributed by atoms with Crippen molar-refractivity contribution < 1.29 is 33.3 Å². The van der Waals surface area contributed by atoms with Gasteiger partial charge in [0, 0.05) is 6.08 Å². The van der Waals surface area contributed by atoms with Gasteiger partial charge in [0.05, 0.1) is 26.9 Å². The Balaban J connectivity index is 2.20. The second-order valence-electron chi connectivity index (χ2n) is 6.63. The average Bonchev–Trinajstić information content (AvgIpc) is 2.83. The van der Waals surface area contributed by atoms with Crippen LogP contribution in [-0.2, 0) is 14.3 Å². The average molecular weight is 466 g/mol. The summed E-state index contributed by atoms with van der Waals surface area (Å²) in [6.45, 7) is 6.31. The maximum atomic E-state index is 12.4. The molecule has 0 atom stereocenters. The molecule has 0 spiro atoms. The molecule has 0 saturated carbocycles. The lowest BCUT2D eigenvalue weighted by Crippen LogP contribution is -2.07. The molecular formula is C26H27NO7. The standard InChI is InChI=1S/C26H27NO7/c1-5-31-21-11-8-18(15-23(21)30-4)10-13-25(28)34-22-12-9-19(16-24(22)32-6-2)14-20(17-27)26(29)33-7-3/h8-16H,5-7H2,1-4H3. The van der Waals surface area contributed by atoms with Crippen LogP contribution in [0, 0.1) is 11.3 Å². The van der Waals surface area contributed by atoms with E-state index in [9.17, 15) is 14.9 Å². The summed E-state index contributed by atoms with van der Waals surface area (Å²) in [4.78, 5) is 24.2. The van der Waals surface area contributed by atoms with Gasteiger partial charge in [-0.3, -0.25) is 0 Å². The van der Waals surface area contributed by atoms with Gasteiger partial charge in [0.1, 0.15) is 11.6 Å². The molecule has 34 heavy (non-hydrogen) atoms. The van der Waals surface area contributed by atoms with Gasteiger partial charge in [0.2, 0.25) is 0 Å². The van der Waals surface area contributed by atoms with Crippen molar-refractivity contribution in [3.63, 3.8) is 0 Å². The highest BCUT2D eigenvalue weighted by molar-refractivity contribution is 5.98. The maximum absolute atomic E-state index is 12.4. The predicted octanol–water partition coefficient (Wildman–Crippen LogP) is 4.58. The van der Waals surface area contributed by atoms with Crippen molar-refractivity contribution in [2.24, 2.45) is 0 Å². The monoisotopic (exact) mass is 465 g/mol. The van der Waals surface area contributed by atoms with E-state index in [4.69, 9.17) is 23.7 Å². The Morgan fingerprint density at radius 2 is 1.53 bits per heavy atom. The molecule has 0 aliphatic carbocycles. The highest BCUT2D eigenvalue weighted by Gasteiger charge is 2.13. The number of nitriles is 1. The molecule has 2 aromatic carbocycles. The molecular weight excluding hydrogens is 438 g/mol.